The van der Waals surface area contributed by atoms with Gasteiger partial charge in [-0.2, -0.15) is 0 Å². The number of carboxylic acid groups (broad SMARTS) is 1. The molecule has 19 heavy (non-hydrogen) atoms. The Balaban J connectivity index is 1.61. The first kappa shape index (κ1) is 14.5. The quantitative estimate of drug-likeness (QED) is 0.558. The van der Waals surface area contributed by atoms with Gasteiger partial charge in [0.15, 0.2) is 4.34 Å². The van der Waals surface area contributed by atoms with E-state index < -0.39 is 5.97 Å². The first-order valence-electron chi connectivity index (χ1n) is 6.38. The number of carboxylic acids is 1. The van der Waals surface area contributed by atoms with E-state index in [4.69, 9.17) is 5.11 Å². The molecule has 2 heterocycles. The molecule has 0 unspecified atom stereocenters. The van der Waals surface area contributed by atoms with Gasteiger partial charge in [0.05, 0.1) is 5.75 Å². The van der Waals surface area contributed by atoms with Crippen LogP contribution in [0, 0.1) is 0 Å². The van der Waals surface area contributed by atoms with Crippen molar-refractivity contribution in [2.45, 2.75) is 23.6 Å². The number of rotatable bonds is 8. The van der Waals surface area contributed by atoms with Crippen LogP contribution in [0.3, 0.4) is 0 Å². The van der Waals surface area contributed by atoms with Gasteiger partial charge in [-0.3, -0.25) is 4.79 Å². The summed E-state index contributed by atoms with van der Waals surface area (Å²) in [5, 5.41) is 20.5. The number of anilines is 1. The van der Waals surface area contributed by atoms with Crippen LogP contribution in [0.5, 0.6) is 0 Å². The van der Waals surface area contributed by atoms with Crippen molar-refractivity contribution in [3.63, 3.8) is 0 Å². The van der Waals surface area contributed by atoms with E-state index in [1.807, 2.05) is 0 Å². The van der Waals surface area contributed by atoms with E-state index >= 15 is 0 Å². The molecule has 0 amide bonds. The van der Waals surface area contributed by atoms with Gasteiger partial charge in [0.1, 0.15) is 0 Å². The molecular formula is C11H18N4O2S2. The van der Waals surface area contributed by atoms with Gasteiger partial charge in [0.2, 0.25) is 5.13 Å². The second-order valence-electron chi connectivity index (χ2n) is 4.38. The molecular weight excluding hydrogens is 284 g/mol. The molecule has 0 atom stereocenters. The minimum absolute atomic E-state index is 0.0313. The minimum Gasteiger partial charge on any atom is -0.481 e. The number of aromatic nitrogens is 2. The highest BCUT2D eigenvalue weighted by Gasteiger charge is 2.10. The fourth-order valence-electron chi connectivity index (χ4n) is 1.97. The predicted molar refractivity (Wildman–Crippen MR) is 77.0 cm³/mol. The van der Waals surface area contributed by atoms with Crippen molar-refractivity contribution in [3.05, 3.63) is 0 Å². The molecule has 8 heteroatoms. The summed E-state index contributed by atoms with van der Waals surface area (Å²) in [6, 6.07) is 0. The first-order valence-corrected chi connectivity index (χ1v) is 8.18. The van der Waals surface area contributed by atoms with Crippen LogP contribution in [0.25, 0.3) is 0 Å². The van der Waals surface area contributed by atoms with Crippen molar-refractivity contribution in [2.75, 3.05) is 37.2 Å². The summed E-state index contributed by atoms with van der Waals surface area (Å²) in [5.41, 5.74) is 0. The lowest BCUT2D eigenvalue weighted by Crippen LogP contribution is -2.22. The van der Waals surface area contributed by atoms with Gasteiger partial charge < -0.3 is 15.3 Å². The number of hydrogen-bond donors (Lipinski definition) is 2. The van der Waals surface area contributed by atoms with Crippen LogP contribution in [0.1, 0.15) is 19.3 Å². The van der Waals surface area contributed by atoms with E-state index in [0.717, 1.165) is 24.6 Å². The van der Waals surface area contributed by atoms with Gasteiger partial charge in [0.25, 0.3) is 0 Å². The van der Waals surface area contributed by atoms with Gasteiger partial charge in [-0.25, -0.2) is 0 Å². The molecule has 0 radical (unpaired) electrons. The number of hydrogen-bond acceptors (Lipinski definition) is 7. The first-order chi connectivity index (χ1) is 9.24. The Morgan fingerprint density at radius 2 is 2.21 bits per heavy atom. The van der Waals surface area contributed by atoms with Crippen LogP contribution in [-0.4, -0.2) is 58.1 Å². The van der Waals surface area contributed by atoms with E-state index in [0.29, 0.717) is 4.34 Å². The molecule has 1 aliphatic heterocycles. The van der Waals surface area contributed by atoms with Crippen molar-refractivity contribution in [2.24, 2.45) is 0 Å². The molecule has 0 aromatic carbocycles. The zero-order valence-corrected chi connectivity index (χ0v) is 12.3. The Labute approximate surface area is 120 Å². The van der Waals surface area contributed by atoms with E-state index in [1.165, 1.54) is 49.0 Å². The summed E-state index contributed by atoms with van der Waals surface area (Å²) in [4.78, 5) is 12.9. The standard InChI is InChI=1S/C11H18N4O2S2/c16-9(17)8-18-11-14-13-10(19-11)12-4-3-7-15-5-1-2-6-15/h1-8H2,(H,12,13)(H,16,17). The van der Waals surface area contributed by atoms with E-state index in [2.05, 4.69) is 20.4 Å². The van der Waals surface area contributed by atoms with Gasteiger partial charge in [-0.05, 0) is 38.9 Å². The van der Waals surface area contributed by atoms with Crippen LogP contribution in [0.15, 0.2) is 4.34 Å². The highest BCUT2D eigenvalue weighted by Crippen LogP contribution is 2.25. The molecule has 1 fully saturated rings. The van der Waals surface area contributed by atoms with E-state index in [-0.39, 0.29) is 5.75 Å². The van der Waals surface area contributed by atoms with Crippen LogP contribution < -0.4 is 5.32 Å². The number of aliphatic carboxylic acids is 1. The maximum atomic E-state index is 10.4. The highest BCUT2D eigenvalue weighted by atomic mass is 32.2. The summed E-state index contributed by atoms with van der Waals surface area (Å²) in [6.07, 6.45) is 3.75. The third-order valence-electron chi connectivity index (χ3n) is 2.85. The van der Waals surface area contributed by atoms with Crippen molar-refractivity contribution in [1.82, 2.24) is 15.1 Å². The van der Waals surface area contributed by atoms with Gasteiger partial charge in [-0.1, -0.05) is 23.1 Å². The van der Waals surface area contributed by atoms with E-state index in [1.54, 1.807) is 0 Å². The Bertz CT molecular complexity index is 407. The average molecular weight is 302 g/mol. The van der Waals surface area contributed by atoms with Crippen molar-refractivity contribution in [1.29, 1.82) is 0 Å². The molecule has 1 saturated heterocycles. The van der Waals surface area contributed by atoms with Crippen LogP contribution in [0.2, 0.25) is 0 Å². The predicted octanol–water partition coefficient (Wildman–Crippen LogP) is 1.61. The van der Waals surface area contributed by atoms with Crippen LogP contribution in [-0.2, 0) is 4.79 Å². The third-order valence-corrected chi connectivity index (χ3v) is 4.85. The molecule has 1 aliphatic rings. The number of nitrogens with one attached hydrogen (secondary N) is 1. The summed E-state index contributed by atoms with van der Waals surface area (Å²) in [6.45, 7) is 4.48. The average Bonchev–Trinajstić information content (AvgIpc) is 3.04. The number of thioether (sulfide) groups is 1. The Morgan fingerprint density at radius 3 is 2.95 bits per heavy atom. The molecule has 106 valence electrons. The summed E-state index contributed by atoms with van der Waals surface area (Å²) in [5.74, 6) is -0.802. The Morgan fingerprint density at radius 1 is 1.42 bits per heavy atom. The molecule has 0 saturated carbocycles. The van der Waals surface area contributed by atoms with Crippen molar-refractivity contribution >= 4 is 34.2 Å². The number of nitrogens with zero attached hydrogens (tertiary/aromatic N) is 3. The highest BCUT2D eigenvalue weighted by molar-refractivity contribution is 8.01. The van der Waals surface area contributed by atoms with Crippen molar-refractivity contribution < 1.29 is 9.90 Å². The summed E-state index contributed by atoms with van der Waals surface area (Å²) in [7, 11) is 0. The van der Waals surface area contributed by atoms with E-state index in [9.17, 15) is 4.79 Å². The second kappa shape index (κ2) is 7.66. The molecule has 2 N–H and O–H groups in total. The zero-order valence-electron chi connectivity index (χ0n) is 10.7. The SMILES string of the molecule is O=C(O)CSc1nnc(NCCCN2CCCC2)s1. The number of likely N-dealkylation sites (tertiary alicyclic amines) is 1. The molecule has 0 aliphatic carbocycles. The number of carbonyl (C=O) groups is 1. The lowest BCUT2D eigenvalue weighted by molar-refractivity contribution is -0.133. The van der Waals surface area contributed by atoms with Gasteiger partial charge in [-0.15, -0.1) is 10.2 Å². The normalized spacial score (nSPS) is 15.8. The van der Waals surface area contributed by atoms with Crippen LogP contribution >= 0.6 is 23.1 Å². The molecule has 0 spiro atoms. The molecule has 6 nitrogen and oxygen atoms in total. The fourth-order valence-corrected chi connectivity index (χ4v) is 3.46. The third kappa shape index (κ3) is 5.33. The maximum Gasteiger partial charge on any atom is 0.313 e. The summed E-state index contributed by atoms with van der Waals surface area (Å²) >= 11 is 2.62. The Hall–Kier alpha value is -0.860. The Kier molecular flexibility index (Phi) is 5.87. The maximum absolute atomic E-state index is 10.4. The largest absolute Gasteiger partial charge is 0.481 e. The van der Waals surface area contributed by atoms with Crippen molar-refractivity contribution in [3.8, 4) is 0 Å². The molecule has 0 bridgehead atoms. The minimum atomic E-state index is -0.833. The topological polar surface area (TPSA) is 78.3 Å². The smallest absolute Gasteiger partial charge is 0.313 e. The molecule has 2 rings (SSSR count). The fraction of sp³-hybridized carbons (Fsp3) is 0.727. The lowest BCUT2D eigenvalue weighted by atomic mass is 10.4. The van der Waals surface area contributed by atoms with Gasteiger partial charge >= 0.3 is 5.97 Å². The summed E-state index contributed by atoms with van der Waals surface area (Å²) < 4.78 is 0.699. The monoisotopic (exact) mass is 302 g/mol. The molecule has 1 aromatic heterocycles. The van der Waals surface area contributed by atoms with Gasteiger partial charge in [0, 0.05) is 6.54 Å². The second-order valence-corrected chi connectivity index (χ2v) is 6.58. The zero-order chi connectivity index (χ0) is 13.5. The molecule has 1 aromatic rings. The van der Waals surface area contributed by atoms with Crippen LogP contribution in [0.4, 0.5) is 5.13 Å². The lowest BCUT2D eigenvalue weighted by Gasteiger charge is -2.13.